The van der Waals surface area contributed by atoms with Crippen LogP contribution in [0.5, 0.6) is 0 Å². The number of rotatable bonds is 6. The molecule has 1 amide bonds. The summed E-state index contributed by atoms with van der Waals surface area (Å²) >= 11 is 0. The number of carbonyl (C=O) groups excluding carboxylic acids is 1. The Morgan fingerprint density at radius 1 is 1.19 bits per heavy atom. The number of aromatic nitrogens is 3. The monoisotopic (exact) mass is 463 g/mol. The fourth-order valence-electron chi connectivity index (χ4n) is 3.39. The molecule has 0 N–H and O–H groups in total. The molecule has 168 valence electrons. The van der Waals surface area contributed by atoms with E-state index >= 15 is 0 Å². The van der Waals surface area contributed by atoms with Gasteiger partial charge in [0.2, 0.25) is 21.8 Å². The van der Waals surface area contributed by atoms with Crippen molar-refractivity contribution in [2.45, 2.75) is 33.0 Å². The van der Waals surface area contributed by atoms with Gasteiger partial charge in [-0.15, -0.1) is 10.2 Å². The van der Waals surface area contributed by atoms with E-state index in [1.807, 2.05) is 6.07 Å². The molecule has 3 aromatic rings. The zero-order valence-corrected chi connectivity index (χ0v) is 18.0. The van der Waals surface area contributed by atoms with Gasteiger partial charge in [0, 0.05) is 26.2 Å². The SMILES string of the molecule is CC(=O)N1Cc2ccc(N(Cc3ccc(-c4nnc(C(F)F)o4)cn3)S(C)(=O)=O)cc2C1. The van der Waals surface area contributed by atoms with Crippen LogP contribution < -0.4 is 4.31 Å². The van der Waals surface area contributed by atoms with E-state index in [0.29, 0.717) is 30.0 Å². The smallest absolute Gasteiger partial charge is 0.314 e. The van der Waals surface area contributed by atoms with Gasteiger partial charge in [0.15, 0.2) is 0 Å². The maximum Gasteiger partial charge on any atom is 0.314 e. The molecule has 0 unspecified atom stereocenters. The Bertz CT molecular complexity index is 1260. The Kier molecular flexibility index (Phi) is 5.63. The van der Waals surface area contributed by atoms with Crippen molar-refractivity contribution < 1.29 is 26.4 Å². The number of sulfonamides is 1. The van der Waals surface area contributed by atoms with E-state index in [9.17, 15) is 22.0 Å². The summed E-state index contributed by atoms with van der Waals surface area (Å²) in [5.74, 6) is -0.936. The molecule has 1 aliphatic heterocycles. The van der Waals surface area contributed by atoms with Gasteiger partial charge in [0.05, 0.1) is 29.7 Å². The number of benzene rings is 1. The van der Waals surface area contributed by atoms with Crippen LogP contribution in [0.1, 0.15) is 36.1 Å². The fourth-order valence-corrected chi connectivity index (χ4v) is 4.25. The van der Waals surface area contributed by atoms with Crippen molar-refractivity contribution in [2.24, 2.45) is 0 Å². The number of amides is 1. The molecule has 9 nitrogen and oxygen atoms in total. The minimum absolute atomic E-state index is 0.0412. The zero-order valence-electron chi connectivity index (χ0n) is 17.2. The van der Waals surface area contributed by atoms with Crippen LogP contribution in [0.15, 0.2) is 40.9 Å². The standard InChI is InChI=1S/C20H19F2N5O4S/c1-12(28)26-9-14-4-6-17(7-15(14)10-26)27(32(2,29)30)11-16-5-3-13(8-23-16)19-24-25-20(31-19)18(21)22/h3-8,18H,9-11H2,1-2H3. The largest absolute Gasteiger partial charge is 0.415 e. The molecular formula is C20H19F2N5O4S. The molecule has 4 rings (SSSR count). The first-order valence-electron chi connectivity index (χ1n) is 9.53. The molecular weight excluding hydrogens is 444 g/mol. The summed E-state index contributed by atoms with van der Waals surface area (Å²) in [6.45, 7) is 2.37. The van der Waals surface area contributed by atoms with Crippen LogP contribution in [0.4, 0.5) is 14.5 Å². The number of pyridine rings is 1. The maximum absolute atomic E-state index is 12.6. The average molecular weight is 463 g/mol. The second-order valence-electron chi connectivity index (χ2n) is 7.38. The highest BCUT2D eigenvalue weighted by atomic mass is 32.2. The van der Waals surface area contributed by atoms with Crippen molar-refractivity contribution >= 4 is 21.6 Å². The molecule has 12 heteroatoms. The fraction of sp³-hybridized carbons (Fsp3) is 0.300. The number of hydrogen-bond acceptors (Lipinski definition) is 7. The summed E-state index contributed by atoms with van der Waals surface area (Å²) in [6, 6.07) is 8.38. The number of nitrogens with zero attached hydrogens (tertiary/aromatic N) is 5. The number of alkyl halides is 2. The topological polar surface area (TPSA) is 110 Å². The first-order valence-corrected chi connectivity index (χ1v) is 11.4. The number of anilines is 1. The molecule has 0 fully saturated rings. The molecule has 1 aliphatic rings. The van der Waals surface area contributed by atoms with Gasteiger partial charge >= 0.3 is 6.43 Å². The van der Waals surface area contributed by atoms with Crippen molar-refractivity contribution in [1.82, 2.24) is 20.1 Å². The van der Waals surface area contributed by atoms with Crippen molar-refractivity contribution in [3.63, 3.8) is 0 Å². The Labute approximate surface area is 182 Å². The second kappa shape index (κ2) is 8.26. The van der Waals surface area contributed by atoms with Crippen LogP contribution in [-0.2, 0) is 34.5 Å². The first-order chi connectivity index (χ1) is 15.1. The summed E-state index contributed by atoms with van der Waals surface area (Å²) in [5.41, 5.74) is 3.09. The van der Waals surface area contributed by atoms with Gasteiger partial charge in [0.25, 0.3) is 5.89 Å². The van der Waals surface area contributed by atoms with Gasteiger partial charge in [-0.25, -0.2) is 8.42 Å². The Hall–Kier alpha value is -3.41. The molecule has 0 saturated heterocycles. The Balaban J connectivity index is 1.57. The van der Waals surface area contributed by atoms with Gasteiger partial charge in [-0.2, -0.15) is 8.78 Å². The normalized spacial score (nSPS) is 13.5. The van der Waals surface area contributed by atoms with Crippen molar-refractivity contribution in [3.8, 4) is 11.5 Å². The molecule has 2 aromatic heterocycles. The van der Waals surface area contributed by atoms with Crippen LogP contribution in [-0.4, -0.2) is 40.7 Å². The minimum Gasteiger partial charge on any atom is -0.415 e. The Morgan fingerprint density at radius 3 is 2.53 bits per heavy atom. The molecule has 0 atom stereocenters. The van der Waals surface area contributed by atoms with Crippen LogP contribution in [0.2, 0.25) is 0 Å². The molecule has 0 spiro atoms. The van der Waals surface area contributed by atoms with E-state index in [4.69, 9.17) is 4.42 Å². The molecule has 0 saturated carbocycles. The highest BCUT2D eigenvalue weighted by Gasteiger charge is 2.25. The van der Waals surface area contributed by atoms with E-state index in [1.54, 1.807) is 29.2 Å². The van der Waals surface area contributed by atoms with Gasteiger partial charge in [0.1, 0.15) is 0 Å². The lowest BCUT2D eigenvalue weighted by atomic mass is 10.1. The summed E-state index contributed by atoms with van der Waals surface area (Å²) in [5, 5.41) is 6.84. The van der Waals surface area contributed by atoms with Gasteiger partial charge in [-0.1, -0.05) is 6.07 Å². The van der Waals surface area contributed by atoms with E-state index < -0.39 is 22.3 Å². The highest BCUT2D eigenvalue weighted by molar-refractivity contribution is 7.92. The summed E-state index contributed by atoms with van der Waals surface area (Å²) in [4.78, 5) is 17.6. The zero-order chi connectivity index (χ0) is 23.0. The maximum atomic E-state index is 12.6. The lowest BCUT2D eigenvalue weighted by Gasteiger charge is -2.22. The third-order valence-electron chi connectivity index (χ3n) is 5.05. The predicted octanol–water partition coefficient (Wildman–Crippen LogP) is 2.90. The number of fused-ring (bicyclic) bond motifs is 1. The summed E-state index contributed by atoms with van der Waals surface area (Å²) in [7, 11) is -3.64. The van der Waals surface area contributed by atoms with E-state index in [2.05, 4.69) is 15.2 Å². The van der Waals surface area contributed by atoms with Crippen LogP contribution >= 0.6 is 0 Å². The third kappa shape index (κ3) is 4.44. The summed E-state index contributed by atoms with van der Waals surface area (Å²) in [6.07, 6.45) is -0.422. The molecule has 0 bridgehead atoms. The first kappa shape index (κ1) is 21.8. The van der Waals surface area contributed by atoms with Crippen molar-refractivity contribution in [1.29, 1.82) is 0 Å². The molecule has 3 heterocycles. The molecule has 32 heavy (non-hydrogen) atoms. The predicted molar refractivity (Wildman–Crippen MR) is 110 cm³/mol. The Morgan fingerprint density at radius 2 is 1.94 bits per heavy atom. The van der Waals surface area contributed by atoms with Gasteiger partial charge in [-0.05, 0) is 35.4 Å². The lowest BCUT2D eigenvalue weighted by molar-refractivity contribution is -0.129. The third-order valence-corrected chi connectivity index (χ3v) is 6.19. The summed E-state index contributed by atoms with van der Waals surface area (Å²) < 4.78 is 56.4. The van der Waals surface area contributed by atoms with E-state index in [-0.39, 0.29) is 18.3 Å². The number of hydrogen-bond donors (Lipinski definition) is 0. The minimum atomic E-state index is -3.64. The quantitative estimate of drug-likeness (QED) is 0.553. The van der Waals surface area contributed by atoms with Crippen LogP contribution in [0.3, 0.4) is 0 Å². The molecule has 1 aromatic carbocycles. The van der Waals surface area contributed by atoms with Crippen molar-refractivity contribution in [2.75, 3.05) is 10.6 Å². The lowest BCUT2D eigenvalue weighted by Crippen LogP contribution is -2.29. The van der Waals surface area contributed by atoms with Gasteiger partial charge < -0.3 is 9.32 Å². The number of carbonyl (C=O) groups is 1. The highest BCUT2D eigenvalue weighted by Crippen LogP contribution is 2.29. The number of halogens is 2. The average Bonchev–Trinajstić information content (AvgIpc) is 3.38. The van der Waals surface area contributed by atoms with Crippen LogP contribution in [0.25, 0.3) is 11.5 Å². The van der Waals surface area contributed by atoms with E-state index in [0.717, 1.165) is 17.4 Å². The van der Waals surface area contributed by atoms with Crippen molar-refractivity contribution in [3.05, 3.63) is 59.2 Å². The second-order valence-corrected chi connectivity index (χ2v) is 9.29. The molecule has 0 radical (unpaired) electrons. The molecule has 0 aliphatic carbocycles. The van der Waals surface area contributed by atoms with E-state index in [1.165, 1.54) is 17.4 Å². The van der Waals surface area contributed by atoms with Crippen LogP contribution in [0, 0.1) is 0 Å². The van der Waals surface area contributed by atoms with Gasteiger partial charge in [-0.3, -0.25) is 14.1 Å².